The number of benzene rings is 3. The number of ketones is 1. The molecule has 1 unspecified atom stereocenters. The number of nitrogens with zero attached hydrogens (tertiary/aromatic N) is 2. The first kappa shape index (κ1) is 19.1. The monoisotopic (exact) mass is 430 g/mol. The summed E-state index contributed by atoms with van der Waals surface area (Å²) in [4.78, 5) is 32.0. The molecule has 3 aromatic carbocycles. The Bertz CT molecular complexity index is 1310. The van der Waals surface area contributed by atoms with Crippen molar-refractivity contribution in [2.45, 2.75) is 6.04 Å². The highest BCUT2D eigenvalue weighted by molar-refractivity contribution is 7.22. The zero-order valence-corrected chi connectivity index (χ0v) is 16.8. The minimum absolute atomic E-state index is 0.0536. The summed E-state index contributed by atoms with van der Waals surface area (Å²) in [5.74, 6) is -2.32. The number of rotatable bonds is 3. The van der Waals surface area contributed by atoms with Crippen LogP contribution in [0.4, 0.5) is 9.52 Å². The molecule has 1 aromatic heterocycles. The maximum Gasteiger partial charge on any atom is 0.301 e. The number of fused-ring (bicyclic) bond motifs is 1. The number of aliphatic hydroxyl groups excluding tert-OH is 1. The molecule has 4 aromatic rings. The van der Waals surface area contributed by atoms with E-state index >= 15 is 0 Å². The van der Waals surface area contributed by atoms with Crippen molar-refractivity contribution in [1.82, 2.24) is 4.98 Å². The summed E-state index contributed by atoms with van der Waals surface area (Å²) in [6, 6.07) is 20.6. The molecule has 7 heteroatoms. The highest BCUT2D eigenvalue weighted by Crippen LogP contribution is 2.44. The zero-order valence-electron chi connectivity index (χ0n) is 16.0. The van der Waals surface area contributed by atoms with Crippen molar-refractivity contribution < 1.29 is 19.1 Å². The van der Waals surface area contributed by atoms with Crippen LogP contribution in [0, 0.1) is 5.82 Å². The highest BCUT2D eigenvalue weighted by atomic mass is 32.1. The predicted molar refractivity (Wildman–Crippen MR) is 117 cm³/mol. The molecule has 5 rings (SSSR count). The molecule has 1 atom stereocenters. The number of Topliss-reactive ketones (excluding diaryl/α,β-unsaturated/α-hetero) is 1. The van der Waals surface area contributed by atoms with Crippen LogP contribution in [0.3, 0.4) is 0 Å². The van der Waals surface area contributed by atoms with Crippen molar-refractivity contribution in [1.29, 1.82) is 0 Å². The molecule has 1 amide bonds. The van der Waals surface area contributed by atoms with Crippen LogP contribution >= 0.6 is 11.3 Å². The van der Waals surface area contributed by atoms with Gasteiger partial charge in [-0.2, -0.15) is 0 Å². The van der Waals surface area contributed by atoms with E-state index in [-0.39, 0.29) is 11.3 Å². The lowest BCUT2D eigenvalue weighted by Gasteiger charge is -2.22. The number of thiazole rings is 1. The van der Waals surface area contributed by atoms with Gasteiger partial charge in [-0.1, -0.05) is 65.9 Å². The van der Waals surface area contributed by atoms with E-state index in [1.165, 1.54) is 40.5 Å². The van der Waals surface area contributed by atoms with Gasteiger partial charge in [-0.25, -0.2) is 9.37 Å². The van der Waals surface area contributed by atoms with E-state index in [1.807, 2.05) is 24.3 Å². The van der Waals surface area contributed by atoms with Gasteiger partial charge in [0.1, 0.15) is 11.6 Å². The van der Waals surface area contributed by atoms with Crippen LogP contribution in [0.25, 0.3) is 16.0 Å². The molecule has 0 saturated carbocycles. The van der Waals surface area contributed by atoms with Crippen molar-refractivity contribution in [2.75, 3.05) is 4.90 Å². The lowest BCUT2D eigenvalue weighted by Crippen LogP contribution is -2.29. The number of aliphatic hydroxyl groups is 1. The van der Waals surface area contributed by atoms with E-state index in [1.54, 1.807) is 30.3 Å². The van der Waals surface area contributed by atoms with E-state index in [2.05, 4.69) is 4.98 Å². The molecule has 1 N–H and O–H groups in total. The molecular formula is C24H15FN2O3S. The zero-order chi connectivity index (χ0) is 21.5. The van der Waals surface area contributed by atoms with Crippen LogP contribution < -0.4 is 4.90 Å². The summed E-state index contributed by atoms with van der Waals surface area (Å²) in [7, 11) is 0. The first-order valence-electron chi connectivity index (χ1n) is 9.52. The normalized spacial score (nSPS) is 18.1. The number of carbonyl (C=O) groups excluding carboxylic acids is 2. The number of hydrogen-bond donors (Lipinski definition) is 1. The Morgan fingerprint density at radius 1 is 0.935 bits per heavy atom. The van der Waals surface area contributed by atoms with Gasteiger partial charge in [0, 0.05) is 5.56 Å². The topological polar surface area (TPSA) is 70.5 Å². The Hall–Kier alpha value is -3.84. The minimum Gasteiger partial charge on any atom is -0.507 e. The van der Waals surface area contributed by atoms with Crippen LogP contribution in [0.15, 0.2) is 84.4 Å². The van der Waals surface area contributed by atoms with Crippen LogP contribution in [-0.4, -0.2) is 21.8 Å². The van der Waals surface area contributed by atoms with Gasteiger partial charge in [-0.15, -0.1) is 0 Å². The van der Waals surface area contributed by atoms with Crippen molar-refractivity contribution in [3.63, 3.8) is 0 Å². The second kappa shape index (κ2) is 7.45. The summed E-state index contributed by atoms with van der Waals surface area (Å²) in [6.45, 7) is 0. The van der Waals surface area contributed by atoms with Gasteiger partial charge in [0.25, 0.3) is 5.78 Å². The lowest BCUT2D eigenvalue weighted by molar-refractivity contribution is -0.132. The van der Waals surface area contributed by atoms with Gasteiger partial charge in [0.2, 0.25) is 0 Å². The van der Waals surface area contributed by atoms with Crippen molar-refractivity contribution in [3.05, 3.63) is 101 Å². The predicted octanol–water partition coefficient (Wildman–Crippen LogP) is 5.06. The molecule has 1 fully saturated rings. The summed E-state index contributed by atoms with van der Waals surface area (Å²) >= 11 is 1.27. The number of para-hydroxylation sites is 1. The Morgan fingerprint density at radius 3 is 2.32 bits per heavy atom. The molecule has 0 aliphatic carbocycles. The fraction of sp³-hybridized carbons (Fsp3) is 0.0417. The molecule has 5 nitrogen and oxygen atoms in total. The maximum absolute atomic E-state index is 13.6. The number of hydrogen-bond acceptors (Lipinski definition) is 5. The third kappa shape index (κ3) is 3.19. The van der Waals surface area contributed by atoms with E-state index in [4.69, 9.17) is 0 Å². The Labute approximate surface area is 180 Å². The molecule has 0 bridgehead atoms. The first-order valence-corrected chi connectivity index (χ1v) is 10.3. The van der Waals surface area contributed by atoms with Gasteiger partial charge in [-0.3, -0.25) is 14.5 Å². The molecule has 1 aliphatic heterocycles. The van der Waals surface area contributed by atoms with E-state index < -0.39 is 23.5 Å². The van der Waals surface area contributed by atoms with E-state index in [0.717, 1.165) is 4.70 Å². The van der Waals surface area contributed by atoms with Gasteiger partial charge in [-0.05, 0) is 29.8 Å². The summed E-state index contributed by atoms with van der Waals surface area (Å²) in [5, 5.41) is 11.3. The Kier molecular flexibility index (Phi) is 4.60. The molecule has 152 valence electrons. The van der Waals surface area contributed by atoms with Crippen LogP contribution in [0.5, 0.6) is 0 Å². The largest absolute Gasteiger partial charge is 0.507 e. The van der Waals surface area contributed by atoms with Gasteiger partial charge >= 0.3 is 5.91 Å². The number of amides is 1. The average molecular weight is 430 g/mol. The first-order chi connectivity index (χ1) is 15.0. The van der Waals surface area contributed by atoms with Gasteiger partial charge < -0.3 is 5.11 Å². The number of carbonyl (C=O) groups is 2. The molecular weight excluding hydrogens is 415 g/mol. The number of aromatic nitrogens is 1. The summed E-state index contributed by atoms with van der Waals surface area (Å²) < 4.78 is 14.4. The summed E-state index contributed by atoms with van der Waals surface area (Å²) in [6.07, 6.45) is 0. The fourth-order valence-electron chi connectivity index (χ4n) is 3.70. The standard InChI is InChI=1S/C24H15FN2O3S/c25-16-12-10-14(11-13-16)20-19(21(28)15-6-2-1-3-7-15)22(29)23(30)27(20)24-26-17-8-4-5-9-18(17)31-24/h1-13,20,28H/b21-19-. The average Bonchev–Trinajstić information content (AvgIpc) is 3.33. The lowest BCUT2D eigenvalue weighted by atomic mass is 9.95. The van der Waals surface area contributed by atoms with E-state index in [9.17, 15) is 19.1 Å². The molecule has 1 aliphatic rings. The van der Waals surface area contributed by atoms with Crippen molar-refractivity contribution >= 4 is 44.1 Å². The molecule has 31 heavy (non-hydrogen) atoms. The quantitative estimate of drug-likeness (QED) is 0.280. The second-order valence-corrected chi connectivity index (χ2v) is 8.06. The second-order valence-electron chi connectivity index (χ2n) is 7.05. The van der Waals surface area contributed by atoms with E-state index in [0.29, 0.717) is 21.8 Å². The third-order valence-electron chi connectivity index (χ3n) is 5.17. The smallest absolute Gasteiger partial charge is 0.301 e. The molecule has 2 heterocycles. The van der Waals surface area contributed by atoms with Gasteiger partial charge in [0.05, 0.1) is 21.8 Å². The van der Waals surface area contributed by atoms with Crippen molar-refractivity contribution in [3.8, 4) is 0 Å². The number of anilines is 1. The maximum atomic E-state index is 13.6. The molecule has 0 spiro atoms. The molecule has 1 saturated heterocycles. The van der Waals surface area contributed by atoms with Crippen LogP contribution in [0.2, 0.25) is 0 Å². The Morgan fingerprint density at radius 2 is 1.61 bits per heavy atom. The number of halogens is 1. The Balaban J connectivity index is 1.74. The highest BCUT2D eigenvalue weighted by Gasteiger charge is 2.48. The van der Waals surface area contributed by atoms with Gasteiger partial charge in [0.15, 0.2) is 5.13 Å². The fourth-order valence-corrected chi connectivity index (χ4v) is 4.70. The SMILES string of the molecule is O=C1C(=O)N(c2nc3ccccc3s2)C(c2ccc(F)cc2)/C1=C(/O)c1ccccc1. The molecule has 0 radical (unpaired) electrons. The van der Waals surface area contributed by atoms with Crippen LogP contribution in [0.1, 0.15) is 17.2 Å². The van der Waals surface area contributed by atoms with Crippen molar-refractivity contribution in [2.24, 2.45) is 0 Å². The summed E-state index contributed by atoms with van der Waals surface area (Å²) in [5.41, 5.74) is 1.56. The third-order valence-corrected chi connectivity index (χ3v) is 6.20. The van der Waals surface area contributed by atoms with Crippen LogP contribution in [-0.2, 0) is 9.59 Å². The minimum atomic E-state index is -0.929.